The number of aliphatic hydroxyl groups excluding tert-OH is 2. The Morgan fingerprint density at radius 1 is 1.36 bits per heavy atom. The number of hydrogen-bond donors (Lipinski definition) is 3. The minimum absolute atomic E-state index is 0.0345. The zero-order chi connectivity index (χ0) is 10.8. The molecule has 0 aliphatic heterocycles. The second kappa shape index (κ2) is 9.61. The SMILES string of the molecule is CC(CCCNC(CO)CCO)O[SiH3]. The van der Waals surface area contributed by atoms with Gasteiger partial charge in [-0.15, -0.1) is 0 Å². The van der Waals surface area contributed by atoms with E-state index in [1.807, 2.05) is 0 Å². The van der Waals surface area contributed by atoms with Gasteiger partial charge in [0.25, 0.3) is 0 Å². The van der Waals surface area contributed by atoms with Crippen LogP contribution in [0.4, 0.5) is 0 Å². The standard InChI is InChI=1S/C9H23NO3Si/c1-8(13-14)3-2-5-10-9(7-12)4-6-11/h8-12H,2-7H2,1,14H3. The van der Waals surface area contributed by atoms with Gasteiger partial charge in [0, 0.05) is 18.8 Å². The summed E-state index contributed by atoms with van der Waals surface area (Å²) in [6.45, 7) is 3.16. The summed E-state index contributed by atoms with van der Waals surface area (Å²) >= 11 is 0. The fourth-order valence-electron chi connectivity index (χ4n) is 1.23. The van der Waals surface area contributed by atoms with Gasteiger partial charge in [-0.1, -0.05) is 0 Å². The van der Waals surface area contributed by atoms with Crippen molar-refractivity contribution in [2.45, 2.75) is 38.3 Å². The highest BCUT2D eigenvalue weighted by atomic mass is 28.2. The summed E-state index contributed by atoms with van der Waals surface area (Å²) in [6, 6.07) is 0.0345. The monoisotopic (exact) mass is 221 g/mol. The van der Waals surface area contributed by atoms with Crippen LogP contribution in [0.15, 0.2) is 0 Å². The number of hydrogen-bond acceptors (Lipinski definition) is 4. The largest absolute Gasteiger partial charge is 0.425 e. The van der Waals surface area contributed by atoms with Crippen LogP contribution in [0.25, 0.3) is 0 Å². The lowest BCUT2D eigenvalue weighted by molar-refractivity contribution is 0.195. The van der Waals surface area contributed by atoms with E-state index in [0.717, 1.165) is 29.9 Å². The molecule has 0 aromatic rings. The molecule has 86 valence electrons. The quantitative estimate of drug-likeness (QED) is 0.338. The van der Waals surface area contributed by atoms with Crippen LogP contribution in [0.5, 0.6) is 0 Å². The Balaban J connectivity index is 3.32. The number of aliphatic hydroxyl groups is 2. The molecule has 0 fully saturated rings. The molecule has 0 radical (unpaired) electrons. The average Bonchev–Trinajstić information content (AvgIpc) is 2.22. The highest BCUT2D eigenvalue weighted by Gasteiger charge is 2.05. The van der Waals surface area contributed by atoms with Crippen LogP contribution < -0.4 is 5.32 Å². The Kier molecular flexibility index (Phi) is 9.64. The first-order chi connectivity index (χ1) is 6.74. The van der Waals surface area contributed by atoms with Gasteiger partial charge in [0.2, 0.25) is 0 Å². The molecule has 0 aliphatic carbocycles. The van der Waals surface area contributed by atoms with E-state index in [1.54, 1.807) is 0 Å². The van der Waals surface area contributed by atoms with Crippen LogP contribution in [0.3, 0.4) is 0 Å². The van der Waals surface area contributed by atoms with Crippen molar-refractivity contribution in [3.63, 3.8) is 0 Å². The lowest BCUT2D eigenvalue weighted by Gasteiger charge is -2.15. The smallest absolute Gasteiger partial charge is 0.146 e. The van der Waals surface area contributed by atoms with Gasteiger partial charge < -0.3 is 20.0 Å². The summed E-state index contributed by atoms with van der Waals surface area (Å²) in [7, 11) is 0.796. The van der Waals surface area contributed by atoms with Gasteiger partial charge >= 0.3 is 0 Å². The fraction of sp³-hybridized carbons (Fsp3) is 1.00. The van der Waals surface area contributed by atoms with E-state index in [4.69, 9.17) is 14.6 Å². The molecule has 5 heteroatoms. The summed E-state index contributed by atoms with van der Waals surface area (Å²) in [5, 5.41) is 20.8. The minimum atomic E-state index is 0.0345. The van der Waals surface area contributed by atoms with Gasteiger partial charge in [0.15, 0.2) is 0 Å². The van der Waals surface area contributed by atoms with Crippen molar-refractivity contribution >= 4 is 10.5 Å². The molecule has 0 saturated heterocycles. The summed E-state index contributed by atoms with van der Waals surface area (Å²) < 4.78 is 5.25. The van der Waals surface area contributed by atoms with Gasteiger partial charge in [-0.3, -0.25) is 0 Å². The van der Waals surface area contributed by atoms with Crippen molar-refractivity contribution in [3.05, 3.63) is 0 Å². The highest BCUT2D eigenvalue weighted by Crippen LogP contribution is 1.99. The Labute approximate surface area is 89.2 Å². The van der Waals surface area contributed by atoms with Crippen molar-refractivity contribution in [1.29, 1.82) is 0 Å². The molecule has 0 aromatic heterocycles. The first-order valence-corrected chi connectivity index (χ1v) is 6.04. The second-order valence-corrected chi connectivity index (χ2v) is 4.01. The number of rotatable bonds is 9. The zero-order valence-corrected chi connectivity index (χ0v) is 11.2. The van der Waals surface area contributed by atoms with Crippen molar-refractivity contribution in [2.75, 3.05) is 19.8 Å². The van der Waals surface area contributed by atoms with Crippen molar-refractivity contribution in [3.8, 4) is 0 Å². The highest BCUT2D eigenvalue weighted by molar-refractivity contribution is 5.98. The van der Waals surface area contributed by atoms with Crippen molar-refractivity contribution in [2.24, 2.45) is 0 Å². The van der Waals surface area contributed by atoms with Gasteiger partial charge in [-0.2, -0.15) is 0 Å². The van der Waals surface area contributed by atoms with Gasteiger partial charge in [0.1, 0.15) is 10.5 Å². The molecule has 4 nitrogen and oxygen atoms in total. The van der Waals surface area contributed by atoms with E-state index < -0.39 is 0 Å². The Morgan fingerprint density at radius 3 is 2.57 bits per heavy atom. The van der Waals surface area contributed by atoms with Crippen LogP contribution in [0.1, 0.15) is 26.2 Å². The Hall–Kier alpha value is 0.0569. The molecule has 0 bridgehead atoms. The Bertz CT molecular complexity index is 127. The predicted octanol–water partition coefficient (Wildman–Crippen LogP) is -1.22. The summed E-state index contributed by atoms with van der Waals surface area (Å²) in [4.78, 5) is 0. The lowest BCUT2D eigenvalue weighted by Crippen LogP contribution is -2.34. The van der Waals surface area contributed by atoms with Crippen molar-refractivity contribution in [1.82, 2.24) is 5.32 Å². The maximum Gasteiger partial charge on any atom is 0.146 e. The maximum atomic E-state index is 8.92. The molecule has 0 aromatic carbocycles. The van der Waals surface area contributed by atoms with Crippen LogP contribution in [-0.2, 0) is 4.43 Å². The molecule has 2 atom stereocenters. The molecule has 0 rings (SSSR count). The molecular formula is C9H23NO3Si. The van der Waals surface area contributed by atoms with Crippen LogP contribution in [0, 0.1) is 0 Å². The van der Waals surface area contributed by atoms with E-state index in [0.29, 0.717) is 12.5 Å². The van der Waals surface area contributed by atoms with Gasteiger partial charge in [-0.25, -0.2) is 0 Å². The van der Waals surface area contributed by atoms with E-state index in [9.17, 15) is 0 Å². The summed E-state index contributed by atoms with van der Waals surface area (Å²) in [5.74, 6) is 0. The first-order valence-electron chi connectivity index (χ1n) is 5.22. The molecule has 3 N–H and O–H groups in total. The minimum Gasteiger partial charge on any atom is -0.425 e. The summed E-state index contributed by atoms with van der Waals surface area (Å²) in [6.07, 6.45) is 3.07. The molecule has 2 unspecified atom stereocenters. The molecule has 0 heterocycles. The lowest BCUT2D eigenvalue weighted by atomic mass is 10.2. The molecule has 0 aliphatic rings. The van der Waals surface area contributed by atoms with E-state index in [1.165, 1.54) is 0 Å². The Morgan fingerprint density at radius 2 is 2.07 bits per heavy atom. The second-order valence-electron chi connectivity index (χ2n) is 3.53. The van der Waals surface area contributed by atoms with Crippen LogP contribution >= 0.6 is 0 Å². The normalized spacial score (nSPS) is 15.6. The fourth-order valence-corrected chi connectivity index (χ4v) is 1.46. The topological polar surface area (TPSA) is 61.7 Å². The molecule has 0 spiro atoms. The van der Waals surface area contributed by atoms with Gasteiger partial charge in [-0.05, 0) is 32.7 Å². The third-order valence-electron chi connectivity index (χ3n) is 2.32. The summed E-state index contributed by atoms with van der Waals surface area (Å²) in [5.41, 5.74) is 0. The number of nitrogens with one attached hydrogen (secondary N) is 1. The zero-order valence-electron chi connectivity index (χ0n) is 9.20. The van der Waals surface area contributed by atoms with Gasteiger partial charge in [0.05, 0.1) is 6.61 Å². The first kappa shape index (κ1) is 14.1. The van der Waals surface area contributed by atoms with Crippen molar-refractivity contribution < 1.29 is 14.6 Å². The maximum absolute atomic E-state index is 8.92. The van der Waals surface area contributed by atoms with E-state index in [-0.39, 0.29) is 19.3 Å². The molecule has 14 heavy (non-hydrogen) atoms. The molecule has 0 saturated carbocycles. The molecule has 0 amide bonds. The van der Waals surface area contributed by atoms with Crippen LogP contribution in [0.2, 0.25) is 0 Å². The van der Waals surface area contributed by atoms with E-state index in [2.05, 4.69) is 12.2 Å². The third-order valence-corrected chi connectivity index (χ3v) is 3.13. The van der Waals surface area contributed by atoms with Crippen LogP contribution in [-0.4, -0.2) is 52.6 Å². The van der Waals surface area contributed by atoms with E-state index >= 15 is 0 Å². The average molecular weight is 221 g/mol. The molecular weight excluding hydrogens is 198 g/mol. The predicted molar refractivity (Wildman–Crippen MR) is 60.3 cm³/mol. The third kappa shape index (κ3) is 7.46.